The van der Waals surface area contributed by atoms with Crippen LogP contribution in [-0.4, -0.2) is 22.0 Å². The minimum absolute atomic E-state index is 0.0772. The molecule has 1 amide bonds. The van der Waals surface area contributed by atoms with E-state index in [1.807, 2.05) is 0 Å². The molecule has 25 heavy (non-hydrogen) atoms. The highest BCUT2D eigenvalue weighted by Crippen LogP contribution is 2.21. The second-order valence-electron chi connectivity index (χ2n) is 5.32. The largest absolute Gasteiger partial charge is 0.478 e. The van der Waals surface area contributed by atoms with E-state index in [0.717, 1.165) is 0 Å². The van der Waals surface area contributed by atoms with Gasteiger partial charge in [0.1, 0.15) is 0 Å². The molecule has 0 unspecified atom stereocenters. The summed E-state index contributed by atoms with van der Waals surface area (Å²) in [6.45, 7) is 1.74. The zero-order valence-electron chi connectivity index (χ0n) is 13.3. The van der Waals surface area contributed by atoms with Crippen molar-refractivity contribution in [3.63, 3.8) is 0 Å². The Morgan fingerprint density at radius 3 is 2.52 bits per heavy atom. The molecule has 0 radical (unpaired) electrons. The molecule has 3 rings (SSSR count). The van der Waals surface area contributed by atoms with Crippen LogP contribution in [0.5, 0.6) is 0 Å². The van der Waals surface area contributed by atoms with Gasteiger partial charge in [-0.2, -0.15) is 0 Å². The van der Waals surface area contributed by atoms with Crippen molar-refractivity contribution in [2.75, 3.05) is 5.32 Å². The van der Waals surface area contributed by atoms with Crippen molar-refractivity contribution < 1.29 is 19.1 Å². The number of carboxylic acid groups (broad SMARTS) is 1. The van der Waals surface area contributed by atoms with E-state index in [0.29, 0.717) is 28.6 Å². The monoisotopic (exact) mass is 338 g/mol. The van der Waals surface area contributed by atoms with E-state index in [-0.39, 0.29) is 17.4 Å². The number of aromatic carboxylic acids is 1. The van der Waals surface area contributed by atoms with Gasteiger partial charge in [0.05, 0.1) is 16.5 Å². The van der Waals surface area contributed by atoms with E-state index in [1.54, 1.807) is 19.1 Å². The van der Waals surface area contributed by atoms with E-state index >= 15 is 0 Å². The first kappa shape index (κ1) is 16.4. The van der Waals surface area contributed by atoms with Crippen LogP contribution < -0.4 is 10.9 Å². The second-order valence-corrected chi connectivity index (χ2v) is 5.32. The van der Waals surface area contributed by atoms with Crippen molar-refractivity contribution in [2.45, 2.75) is 13.3 Å². The number of carbonyl (C=O) groups is 2. The van der Waals surface area contributed by atoms with Gasteiger partial charge in [0, 0.05) is 17.7 Å². The van der Waals surface area contributed by atoms with E-state index in [2.05, 4.69) is 10.3 Å². The summed E-state index contributed by atoms with van der Waals surface area (Å²) in [5.41, 5.74) is 0.950. The molecular formula is C18H14N2O5. The third kappa shape index (κ3) is 3.40. The topological polar surface area (TPSA) is 110 Å². The van der Waals surface area contributed by atoms with Crippen molar-refractivity contribution in [3.8, 4) is 11.5 Å². The molecule has 2 N–H and O–H groups in total. The van der Waals surface area contributed by atoms with Crippen LogP contribution in [-0.2, 0) is 4.79 Å². The highest BCUT2D eigenvalue weighted by atomic mass is 16.4. The predicted molar refractivity (Wildman–Crippen MR) is 91.6 cm³/mol. The maximum atomic E-state index is 12.1. The van der Waals surface area contributed by atoms with Crippen LogP contribution in [0.1, 0.15) is 23.7 Å². The molecular weight excluding hydrogens is 324 g/mol. The van der Waals surface area contributed by atoms with E-state index in [9.17, 15) is 14.4 Å². The van der Waals surface area contributed by atoms with Crippen molar-refractivity contribution in [3.05, 3.63) is 58.4 Å². The number of benzene rings is 2. The minimum Gasteiger partial charge on any atom is -0.478 e. The molecule has 0 bridgehead atoms. The summed E-state index contributed by atoms with van der Waals surface area (Å²) in [6, 6.07) is 10.6. The number of hydrogen-bond donors (Lipinski definition) is 2. The molecule has 1 aromatic heterocycles. The Hall–Kier alpha value is -3.48. The average Bonchev–Trinajstić information content (AvgIpc) is 2.61. The normalized spacial score (nSPS) is 10.6. The van der Waals surface area contributed by atoms with E-state index in [1.165, 1.54) is 30.3 Å². The molecule has 0 aliphatic heterocycles. The van der Waals surface area contributed by atoms with Crippen LogP contribution in [0.3, 0.4) is 0 Å². The van der Waals surface area contributed by atoms with Gasteiger partial charge in [0.15, 0.2) is 0 Å². The molecule has 0 saturated carbocycles. The molecule has 0 aliphatic carbocycles. The number of anilines is 1. The van der Waals surface area contributed by atoms with Gasteiger partial charge in [-0.25, -0.2) is 14.6 Å². The maximum Gasteiger partial charge on any atom is 0.347 e. The zero-order chi connectivity index (χ0) is 18.0. The lowest BCUT2D eigenvalue weighted by molar-refractivity contribution is -0.115. The molecule has 0 spiro atoms. The van der Waals surface area contributed by atoms with Gasteiger partial charge >= 0.3 is 11.6 Å². The smallest absolute Gasteiger partial charge is 0.347 e. The van der Waals surface area contributed by atoms with Crippen LogP contribution in [0, 0.1) is 0 Å². The van der Waals surface area contributed by atoms with Gasteiger partial charge in [-0.1, -0.05) is 6.92 Å². The number of nitrogens with zero attached hydrogens (tertiary/aromatic N) is 1. The Morgan fingerprint density at radius 2 is 1.88 bits per heavy atom. The van der Waals surface area contributed by atoms with E-state index in [4.69, 9.17) is 9.52 Å². The lowest BCUT2D eigenvalue weighted by atomic mass is 10.1. The fourth-order valence-corrected chi connectivity index (χ4v) is 2.28. The molecule has 7 nitrogen and oxygen atoms in total. The number of carbonyl (C=O) groups excluding carboxylic acids is 1. The Morgan fingerprint density at radius 1 is 1.16 bits per heavy atom. The fraction of sp³-hybridized carbons (Fsp3) is 0.111. The van der Waals surface area contributed by atoms with Gasteiger partial charge in [-0.15, -0.1) is 0 Å². The van der Waals surface area contributed by atoms with Gasteiger partial charge in [-0.3, -0.25) is 4.79 Å². The number of hydrogen-bond acceptors (Lipinski definition) is 5. The van der Waals surface area contributed by atoms with Crippen molar-refractivity contribution in [1.29, 1.82) is 0 Å². The number of carboxylic acids is 1. The summed E-state index contributed by atoms with van der Waals surface area (Å²) in [5, 5.41) is 11.9. The second kappa shape index (κ2) is 6.56. The first-order valence-electron chi connectivity index (χ1n) is 7.56. The van der Waals surface area contributed by atoms with Gasteiger partial charge in [-0.05, 0) is 42.5 Å². The SMILES string of the molecule is CCC(=O)Nc1ccc2c(=O)oc(-c3ccc(C(=O)O)cc3)nc2c1. The molecule has 0 saturated heterocycles. The van der Waals surface area contributed by atoms with Gasteiger partial charge in [0.25, 0.3) is 0 Å². The first-order chi connectivity index (χ1) is 12.0. The minimum atomic E-state index is -1.05. The van der Waals surface area contributed by atoms with Crippen LogP contribution in [0.15, 0.2) is 51.7 Å². The summed E-state index contributed by atoms with van der Waals surface area (Å²) in [4.78, 5) is 38.9. The highest BCUT2D eigenvalue weighted by molar-refractivity contribution is 5.93. The third-order valence-electron chi connectivity index (χ3n) is 3.61. The lowest BCUT2D eigenvalue weighted by Gasteiger charge is -2.06. The number of nitrogens with one attached hydrogen (secondary N) is 1. The fourth-order valence-electron chi connectivity index (χ4n) is 2.28. The average molecular weight is 338 g/mol. The number of fused-ring (bicyclic) bond motifs is 1. The zero-order valence-corrected chi connectivity index (χ0v) is 13.3. The standard InChI is InChI=1S/C18H14N2O5/c1-2-15(21)19-12-7-8-13-14(9-12)20-16(25-18(13)24)10-3-5-11(6-4-10)17(22)23/h3-9H,2H2,1H3,(H,19,21)(H,22,23). The number of aromatic nitrogens is 1. The van der Waals surface area contributed by atoms with Crippen molar-refractivity contribution in [1.82, 2.24) is 4.98 Å². The Kier molecular flexibility index (Phi) is 4.30. The molecule has 2 aromatic carbocycles. The molecule has 126 valence electrons. The van der Waals surface area contributed by atoms with Gasteiger partial charge < -0.3 is 14.8 Å². The van der Waals surface area contributed by atoms with Crippen LogP contribution >= 0.6 is 0 Å². The molecule has 0 fully saturated rings. The molecule has 3 aromatic rings. The maximum absolute atomic E-state index is 12.1. The lowest BCUT2D eigenvalue weighted by Crippen LogP contribution is -2.10. The molecule has 7 heteroatoms. The van der Waals surface area contributed by atoms with Crippen molar-refractivity contribution >= 4 is 28.5 Å². The first-order valence-corrected chi connectivity index (χ1v) is 7.56. The summed E-state index contributed by atoms with van der Waals surface area (Å²) < 4.78 is 5.22. The summed E-state index contributed by atoms with van der Waals surface area (Å²) in [5.74, 6) is -1.11. The quantitative estimate of drug-likeness (QED) is 0.757. The third-order valence-corrected chi connectivity index (χ3v) is 3.61. The molecule has 0 aliphatic rings. The highest BCUT2D eigenvalue weighted by Gasteiger charge is 2.11. The van der Waals surface area contributed by atoms with Gasteiger partial charge in [0.2, 0.25) is 11.8 Å². The van der Waals surface area contributed by atoms with E-state index < -0.39 is 11.6 Å². The number of rotatable bonds is 4. The summed E-state index contributed by atoms with van der Waals surface area (Å²) in [7, 11) is 0. The van der Waals surface area contributed by atoms with Crippen molar-refractivity contribution in [2.24, 2.45) is 0 Å². The Bertz CT molecular complexity index is 1020. The Balaban J connectivity index is 2.05. The Labute approximate surface area is 141 Å². The molecule has 1 heterocycles. The predicted octanol–water partition coefficient (Wildman–Crippen LogP) is 2.90. The molecule has 0 atom stereocenters. The van der Waals surface area contributed by atoms with Crippen LogP contribution in [0.2, 0.25) is 0 Å². The summed E-state index contributed by atoms with van der Waals surface area (Å²) >= 11 is 0. The van der Waals surface area contributed by atoms with Crippen LogP contribution in [0.4, 0.5) is 5.69 Å². The van der Waals surface area contributed by atoms with Crippen LogP contribution in [0.25, 0.3) is 22.4 Å². The number of amides is 1. The summed E-state index contributed by atoms with van der Waals surface area (Å²) in [6.07, 6.45) is 0.337.